The highest BCUT2D eigenvalue weighted by molar-refractivity contribution is 9.10. The molecule has 0 amide bonds. The van der Waals surface area contributed by atoms with Gasteiger partial charge in [0.1, 0.15) is 5.82 Å². The van der Waals surface area contributed by atoms with Crippen LogP contribution in [-0.2, 0) is 12.8 Å². The summed E-state index contributed by atoms with van der Waals surface area (Å²) in [7, 11) is 0. The van der Waals surface area contributed by atoms with Gasteiger partial charge in [0.15, 0.2) is 5.65 Å². The Morgan fingerprint density at radius 1 is 1.21 bits per heavy atom. The first-order chi connectivity index (χ1) is 9.34. The van der Waals surface area contributed by atoms with Crippen LogP contribution >= 0.6 is 15.9 Å². The molecule has 1 N–H and O–H groups in total. The van der Waals surface area contributed by atoms with Crippen LogP contribution in [0.15, 0.2) is 10.7 Å². The molecule has 5 nitrogen and oxygen atoms in total. The molecule has 2 aliphatic rings. The number of anilines is 1. The Balaban J connectivity index is 1.99. The van der Waals surface area contributed by atoms with E-state index in [0.717, 1.165) is 49.1 Å². The van der Waals surface area contributed by atoms with Gasteiger partial charge in [-0.25, -0.2) is 4.98 Å². The van der Waals surface area contributed by atoms with Gasteiger partial charge in [-0.15, -0.1) is 0 Å². The zero-order valence-electron chi connectivity index (χ0n) is 10.7. The molecule has 0 unspecified atom stereocenters. The average Bonchev–Trinajstić information content (AvgIpc) is 2.59. The smallest absolute Gasteiger partial charge is 0.171 e. The van der Waals surface area contributed by atoms with Crippen LogP contribution in [0.3, 0.4) is 0 Å². The predicted molar refractivity (Wildman–Crippen MR) is 77.8 cm³/mol. The van der Waals surface area contributed by atoms with Crippen molar-refractivity contribution in [2.45, 2.75) is 19.3 Å². The SMILES string of the molecule is Brc1cnn2c(N3CCC3)c3c(nc12)CCNCC3. The third-order valence-corrected chi connectivity index (χ3v) is 4.57. The molecule has 0 spiro atoms. The molecule has 4 rings (SSSR count). The van der Waals surface area contributed by atoms with Crippen LogP contribution in [0.2, 0.25) is 0 Å². The second-order valence-corrected chi connectivity index (χ2v) is 6.03. The summed E-state index contributed by atoms with van der Waals surface area (Å²) in [6.07, 6.45) is 5.17. The molecular weight excluding hydrogens is 306 g/mol. The standard InChI is InChI=1S/C13H16BrN5/c14-10-8-16-19-12(10)17-11-3-5-15-4-2-9(11)13(19)18-6-1-7-18/h8,15H,1-7H2. The number of hydrogen-bond donors (Lipinski definition) is 1. The van der Waals surface area contributed by atoms with E-state index in [0.29, 0.717) is 0 Å². The lowest BCUT2D eigenvalue weighted by Gasteiger charge is -2.35. The summed E-state index contributed by atoms with van der Waals surface area (Å²) in [5.41, 5.74) is 3.57. The van der Waals surface area contributed by atoms with E-state index in [9.17, 15) is 0 Å². The molecule has 0 aliphatic carbocycles. The zero-order chi connectivity index (χ0) is 12.8. The van der Waals surface area contributed by atoms with Crippen molar-refractivity contribution in [2.75, 3.05) is 31.1 Å². The number of halogens is 1. The maximum Gasteiger partial charge on any atom is 0.171 e. The summed E-state index contributed by atoms with van der Waals surface area (Å²) in [4.78, 5) is 7.25. The van der Waals surface area contributed by atoms with E-state index in [1.54, 1.807) is 0 Å². The van der Waals surface area contributed by atoms with Crippen molar-refractivity contribution in [1.29, 1.82) is 0 Å². The van der Waals surface area contributed by atoms with E-state index >= 15 is 0 Å². The van der Waals surface area contributed by atoms with Gasteiger partial charge < -0.3 is 10.2 Å². The molecule has 0 radical (unpaired) electrons. The minimum Gasteiger partial charge on any atom is -0.356 e. The van der Waals surface area contributed by atoms with Crippen molar-refractivity contribution < 1.29 is 0 Å². The molecule has 100 valence electrons. The molecule has 2 aromatic heterocycles. The van der Waals surface area contributed by atoms with Crippen molar-refractivity contribution >= 4 is 27.4 Å². The Morgan fingerprint density at radius 2 is 2.05 bits per heavy atom. The molecule has 0 saturated carbocycles. The van der Waals surface area contributed by atoms with Crippen LogP contribution in [0.25, 0.3) is 5.65 Å². The number of hydrogen-bond acceptors (Lipinski definition) is 4. The highest BCUT2D eigenvalue weighted by Crippen LogP contribution is 2.31. The van der Waals surface area contributed by atoms with Crippen LogP contribution in [0.4, 0.5) is 5.82 Å². The van der Waals surface area contributed by atoms with Gasteiger partial charge in [0.25, 0.3) is 0 Å². The minimum atomic E-state index is 0.947. The zero-order valence-corrected chi connectivity index (χ0v) is 12.3. The van der Waals surface area contributed by atoms with E-state index in [2.05, 4.69) is 31.2 Å². The van der Waals surface area contributed by atoms with Crippen LogP contribution in [0.1, 0.15) is 17.7 Å². The Kier molecular flexibility index (Phi) is 2.73. The van der Waals surface area contributed by atoms with Gasteiger partial charge in [-0.3, -0.25) is 0 Å². The Bertz CT molecular complexity index is 631. The molecule has 0 aromatic carbocycles. The second kappa shape index (κ2) is 4.45. The van der Waals surface area contributed by atoms with Crippen LogP contribution in [0.5, 0.6) is 0 Å². The van der Waals surface area contributed by atoms with Gasteiger partial charge >= 0.3 is 0 Å². The van der Waals surface area contributed by atoms with Gasteiger partial charge in [-0.2, -0.15) is 9.61 Å². The Hall–Kier alpha value is -1.14. The lowest BCUT2D eigenvalue weighted by molar-refractivity contribution is 0.594. The molecule has 4 heterocycles. The number of nitrogens with one attached hydrogen (secondary N) is 1. The number of nitrogens with zero attached hydrogens (tertiary/aromatic N) is 4. The predicted octanol–water partition coefficient (Wildman–Crippen LogP) is 1.39. The summed E-state index contributed by atoms with van der Waals surface area (Å²) < 4.78 is 2.99. The average molecular weight is 322 g/mol. The normalized spacial score (nSPS) is 19.1. The first-order valence-corrected chi connectivity index (χ1v) is 7.64. The van der Waals surface area contributed by atoms with Gasteiger partial charge in [0.2, 0.25) is 0 Å². The highest BCUT2D eigenvalue weighted by Gasteiger charge is 2.26. The Labute approximate surface area is 120 Å². The van der Waals surface area contributed by atoms with Crippen molar-refractivity contribution in [3.63, 3.8) is 0 Å². The van der Waals surface area contributed by atoms with Crippen molar-refractivity contribution in [2.24, 2.45) is 0 Å². The largest absolute Gasteiger partial charge is 0.356 e. The van der Waals surface area contributed by atoms with Gasteiger partial charge in [0, 0.05) is 31.6 Å². The van der Waals surface area contributed by atoms with E-state index in [1.807, 2.05) is 10.7 Å². The summed E-state index contributed by atoms with van der Waals surface area (Å²) in [6.45, 7) is 4.32. The Morgan fingerprint density at radius 3 is 2.84 bits per heavy atom. The van der Waals surface area contributed by atoms with E-state index in [1.165, 1.54) is 23.5 Å². The van der Waals surface area contributed by atoms with Gasteiger partial charge in [-0.05, 0) is 35.3 Å². The number of fused-ring (bicyclic) bond motifs is 2. The van der Waals surface area contributed by atoms with Gasteiger partial charge in [0.05, 0.1) is 16.4 Å². The third kappa shape index (κ3) is 1.77. The van der Waals surface area contributed by atoms with Crippen molar-refractivity contribution in [1.82, 2.24) is 19.9 Å². The number of aromatic nitrogens is 3. The minimum absolute atomic E-state index is 0.947. The van der Waals surface area contributed by atoms with Gasteiger partial charge in [-0.1, -0.05) is 0 Å². The van der Waals surface area contributed by atoms with Crippen LogP contribution in [-0.4, -0.2) is 40.8 Å². The van der Waals surface area contributed by atoms with E-state index < -0.39 is 0 Å². The topological polar surface area (TPSA) is 45.5 Å². The maximum atomic E-state index is 4.82. The number of rotatable bonds is 1. The fourth-order valence-corrected chi connectivity index (χ4v) is 3.24. The molecule has 19 heavy (non-hydrogen) atoms. The fourth-order valence-electron chi connectivity index (χ4n) is 2.89. The molecule has 0 atom stereocenters. The van der Waals surface area contributed by atoms with Crippen molar-refractivity contribution in [3.8, 4) is 0 Å². The summed E-state index contributed by atoms with van der Waals surface area (Å²) in [5, 5.41) is 7.96. The fraction of sp³-hybridized carbons (Fsp3) is 0.538. The molecule has 1 saturated heterocycles. The second-order valence-electron chi connectivity index (χ2n) is 5.18. The lowest BCUT2D eigenvalue weighted by Crippen LogP contribution is -2.39. The lowest BCUT2D eigenvalue weighted by atomic mass is 10.1. The third-order valence-electron chi connectivity index (χ3n) is 4.01. The molecule has 6 heteroatoms. The maximum absolute atomic E-state index is 4.82. The highest BCUT2D eigenvalue weighted by atomic mass is 79.9. The molecule has 1 fully saturated rings. The van der Waals surface area contributed by atoms with Crippen molar-refractivity contribution in [3.05, 3.63) is 21.9 Å². The van der Waals surface area contributed by atoms with E-state index in [4.69, 9.17) is 4.98 Å². The summed E-state index contributed by atoms with van der Waals surface area (Å²) in [5.74, 6) is 1.26. The summed E-state index contributed by atoms with van der Waals surface area (Å²) in [6, 6.07) is 0. The molecule has 2 aliphatic heterocycles. The molecular formula is C13H16BrN5. The molecule has 2 aromatic rings. The first-order valence-electron chi connectivity index (χ1n) is 6.85. The van der Waals surface area contributed by atoms with E-state index in [-0.39, 0.29) is 0 Å². The summed E-state index contributed by atoms with van der Waals surface area (Å²) >= 11 is 3.56. The van der Waals surface area contributed by atoms with Crippen LogP contribution in [0, 0.1) is 0 Å². The first kappa shape index (κ1) is 11.7. The van der Waals surface area contributed by atoms with Crippen LogP contribution < -0.4 is 10.2 Å². The quantitative estimate of drug-likeness (QED) is 0.862. The molecule has 0 bridgehead atoms. The monoisotopic (exact) mass is 321 g/mol.